The maximum absolute atomic E-state index is 13.7. The molecule has 95 heavy (non-hydrogen) atoms. The molecule has 0 saturated carbocycles. The van der Waals surface area contributed by atoms with Crippen LogP contribution in [0.4, 0.5) is 0 Å². The van der Waals surface area contributed by atoms with Crippen LogP contribution in [-0.2, 0) is 92.9 Å². The van der Waals surface area contributed by atoms with Gasteiger partial charge in [-0.1, -0.05) is 314 Å². The van der Waals surface area contributed by atoms with Crippen LogP contribution < -0.4 is 0 Å². The summed E-state index contributed by atoms with van der Waals surface area (Å²) in [6.45, 7) is 8.87. The second kappa shape index (κ2) is 49.3. The second-order valence-corrected chi connectivity index (χ2v) is 26.3. The number of unbranched alkanes of at least 4 members (excludes halogenated alkanes) is 26. The van der Waals surface area contributed by atoms with E-state index < -0.39 is 79.3 Å². The molecule has 4 aromatic carbocycles. The average molecular weight is 1320 g/mol. The van der Waals surface area contributed by atoms with E-state index in [-0.39, 0.29) is 45.7 Å². The quantitative estimate of drug-likeness (QED) is 0.0178. The van der Waals surface area contributed by atoms with E-state index in [1.807, 2.05) is 121 Å². The van der Waals surface area contributed by atoms with Crippen LogP contribution in [0, 0.1) is 0 Å². The van der Waals surface area contributed by atoms with Gasteiger partial charge in [-0.05, 0) is 47.9 Å². The number of carbonyl (C=O) groups is 3. The monoisotopic (exact) mass is 1320 g/mol. The maximum atomic E-state index is 13.7. The Morgan fingerprint density at radius 3 is 1.23 bits per heavy atom. The Kier molecular flexibility index (Phi) is 40.8. The Hall–Kier alpha value is -5.29. The lowest BCUT2D eigenvalue weighted by atomic mass is 9.95. The first-order valence-corrected chi connectivity index (χ1v) is 36.9. The molecule has 0 aliphatic carbocycles. The minimum atomic E-state index is -1.34. The number of esters is 3. The van der Waals surface area contributed by atoms with Crippen LogP contribution in [0.1, 0.15) is 249 Å². The van der Waals surface area contributed by atoms with E-state index in [0.717, 1.165) is 60.8 Å². The van der Waals surface area contributed by atoms with Crippen LogP contribution >= 0.6 is 0 Å². The largest absolute Gasteiger partial charge is 0.463 e. The summed E-state index contributed by atoms with van der Waals surface area (Å²) >= 11 is 0. The Bertz CT molecular complexity index is 2590. The molecule has 2 aliphatic rings. The summed E-state index contributed by atoms with van der Waals surface area (Å²) in [5.74, 6) is -1.80. The van der Waals surface area contributed by atoms with Gasteiger partial charge in [-0.25, -0.2) is 0 Å². The van der Waals surface area contributed by atoms with E-state index in [9.17, 15) is 14.4 Å². The van der Waals surface area contributed by atoms with Gasteiger partial charge in [0.1, 0.15) is 43.2 Å². The summed E-state index contributed by atoms with van der Waals surface area (Å²) in [7, 11) is 0. The van der Waals surface area contributed by atoms with Crippen LogP contribution in [0.3, 0.4) is 0 Å². The van der Waals surface area contributed by atoms with Crippen molar-refractivity contribution in [2.24, 2.45) is 0 Å². The minimum absolute atomic E-state index is 0.0669. The number of rotatable bonds is 52. The van der Waals surface area contributed by atoms with Gasteiger partial charge < -0.3 is 52.1 Å². The standard InChI is InChI=1S/C81H120O14/c1-6-8-10-12-14-16-18-20-22-24-26-28-30-32-46-56-71(57-47-33-31-29-27-25-23-21-19-17-15-13-11-9-7-2)92-81-79(91-66(5)84)77(90-65(4)83)75(72(93-81)62-85-58-67-48-38-34-39-49-67)95-80-78(89-61-70-54-44-37-45-55-70)76(88-60-69-52-42-36-43-53-69)74(73(94-80)63-86-64(3)82)87-59-68-50-40-35-41-51-68/h32,34-46,48-55,71-81H,6-31,33,47,56-63H2,1-5H3/b46-32+/t71?,72-,73-,74-,75+,76+,77+,78-,79-,80-,81-/m1/s1. The van der Waals surface area contributed by atoms with Crippen LogP contribution in [0.15, 0.2) is 133 Å². The Labute approximate surface area is 571 Å². The van der Waals surface area contributed by atoms with Gasteiger partial charge in [0.25, 0.3) is 0 Å². The highest BCUT2D eigenvalue weighted by molar-refractivity contribution is 5.67. The molecule has 2 aliphatic heterocycles. The minimum Gasteiger partial charge on any atom is -0.463 e. The number of hydrogen-bond donors (Lipinski definition) is 0. The van der Waals surface area contributed by atoms with Gasteiger partial charge in [0.15, 0.2) is 24.8 Å². The third kappa shape index (κ3) is 32.7. The lowest BCUT2D eigenvalue weighted by molar-refractivity contribution is -0.373. The van der Waals surface area contributed by atoms with E-state index in [1.165, 1.54) is 168 Å². The number of hydrogen-bond acceptors (Lipinski definition) is 14. The molecule has 2 saturated heterocycles. The molecular weight excluding hydrogens is 1200 g/mol. The molecule has 14 nitrogen and oxygen atoms in total. The van der Waals surface area contributed by atoms with Crippen molar-refractivity contribution in [2.75, 3.05) is 13.2 Å². The normalized spacial score (nSPS) is 21.6. The topological polar surface area (TPSA) is 153 Å². The van der Waals surface area contributed by atoms with Crippen molar-refractivity contribution < 1.29 is 66.5 Å². The molecule has 4 aromatic rings. The van der Waals surface area contributed by atoms with E-state index in [2.05, 4.69) is 26.0 Å². The Morgan fingerprint density at radius 2 is 0.779 bits per heavy atom. The summed E-state index contributed by atoms with van der Waals surface area (Å²) in [6.07, 6.45) is 29.7. The highest BCUT2D eigenvalue weighted by Crippen LogP contribution is 2.37. The first-order chi connectivity index (χ1) is 46.6. The third-order valence-corrected chi connectivity index (χ3v) is 18.0. The fraction of sp³-hybridized carbons (Fsp3) is 0.642. The van der Waals surface area contributed by atoms with Crippen molar-refractivity contribution in [3.8, 4) is 0 Å². The van der Waals surface area contributed by atoms with Crippen molar-refractivity contribution in [1.82, 2.24) is 0 Å². The Balaban J connectivity index is 1.28. The molecule has 2 heterocycles. The van der Waals surface area contributed by atoms with Crippen molar-refractivity contribution in [2.45, 2.75) is 321 Å². The summed E-state index contributed by atoms with van der Waals surface area (Å²) in [4.78, 5) is 40.0. The molecule has 0 amide bonds. The lowest BCUT2D eigenvalue weighted by Gasteiger charge is -2.50. The summed E-state index contributed by atoms with van der Waals surface area (Å²) in [5.41, 5.74) is 3.60. The summed E-state index contributed by atoms with van der Waals surface area (Å²) < 4.78 is 74.3. The zero-order valence-corrected chi connectivity index (χ0v) is 58.7. The molecule has 0 radical (unpaired) electrons. The van der Waals surface area contributed by atoms with Crippen LogP contribution in [0.25, 0.3) is 0 Å². The molecule has 0 bridgehead atoms. The zero-order chi connectivity index (χ0) is 67.2. The number of carbonyl (C=O) groups excluding carboxylic acids is 3. The molecular formula is C81H120O14. The summed E-state index contributed by atoms with van der Waals surface area (Å²) in [6, 6.07) is 39.1. The molecule has 0 aromatic heterocycles. The SMILES string of the molecule is CCCCCCCCCCCCCC/C=C/CC(CCCCCCCCCCCCCCCCC)O[C@@H]1O[C@H](COCc2ccccc2)[C@H](O[C@H]2O[C@H](COC(C)=O)[C@@H](OCc3ccccc3)[C@H](OCc3ccccc3)[C@H]2OCc2ccccc2)[C@H](OC(C)=O)[C@H]1OC(C)=O. The first kappa shape index (κ1) is 78.7. The first-order valence-electron chi connectivity index (χ1n) is 36.9. The lowest BCUT2D eigenvalue weighted by Crippen LogP contribution is -2.67. The fourth-order valence-electron chi connectivity index (χ4n) is 12.8. The van der Waals surface area contributed by atoms with E-state index in [4.69, 9.17) is 52.1 Å². The van der Waals surface area contributed by atoms with Gasteiger partial charge in [-0.2, -0.15) is 0 Å². The van der Waals surface area contributed by atoms with E-state index in [1.54, 1.807) is 0 Å². The van der Waals surface area contributed by atoms with Gasteiger partial charge in [-0.15, -0.1) is 0 Å². The van der Waals surface area contributed by atoms with Gasteiger partial charge in [0.05, 0.1) is 39.1 Å². The van der Waals surface area contributed by atoms with Crippen LogP contribution in [0.5, 0.6) is 0 Å². The maximum Gasteiger partial charge on any atom is 0.303 e. The molecule has 6 rings (SSSR count). The average Bonchev–Trinajstić information content (AvgIpc) is 0.779. The van der Waals surface area contributed by atoms with Gasteiger partial charge in [-0.3, -0.25) is 14.4 Å². The van der Waals surface area contributed by atoms with Gasteiger partial charge >= 0.3 is 17.9 Å². The van der Waals surface area contributed by atoms with Crippen molar-refractivity contribution in [3.05, 3.63) is 156 Å². The fourth-order valence-corrected chi connectivity index (χ4v) is 12.8. The van der Waals surface area contributed by atoms with E-state index >= 15 is 0 Å². The van der Waals surface area contributed by atoms with Crippen LogP contribution in [0.2, 0.25) is 0 Å². The van der Waals surface area contributed by atoms with Crippen molar-refractivity contribution in [3.63, 3.8) is 0 Å². The van der Waals surface area contributed by atoms with Gasteiger partial charge in [0, 0.05) is 20.8 Å². The molecule has 0 N–H and O–H groups in total. The third-order valence-electron chi connectivity index (χ3n) is 18.0. The predicted octanol–water partition coefficient (Wildman–Crippen LogP) is 18.9. The molecule has 11 atom stereocenters. The highest BCUT2D eigenvalue weighted by Gasteiger charge is 2.56. The zero-order valence-electron chi connectivity index (χ0n) is 58.7. The molecule has 14 heteroatoms. The number of allylic oxidation sites excluding steroid dienone is 1. The van der Waals surface area contributed by atoms with Crippen molar-refractivity contribution in [1.29, 1.82) is 0 Å². The molecule has 2 fully saturated rings. The smallest absolute Gasteiger partial charge is 0.303 e. The van der Waals surface area contributed by atoms with Crippen LogP contribution in [-0.4, -0.2) is 98.6 Å². The number of benzene rings is 4. The predicted molar refractivity (Wildman–Crippen MR) is 375 cm³/mol. The van der Waals surface area contributed by atoms with E-state index in [0.29, 0.717) is 6.42 Å². The molecule has 0 spiro atoms. The highest BCUT2D eigenvalue weighted by atomic mass is 16.8. The van der Waals surface area contributed by atoms with Gasteiger partial charge in [0.2, 0.25) is 0 Å². The number of ether oxygens (including phenoxy) is 11. The summed E-state index contributed by atoms with van der Waals surface area (Å²) in [5, 5.41) is 0. The second-order valence-electron chi connectivity index (χ2n) is 26.3. The van der Waals surface area contributed by atoms with Crippen molar-refractivity contribution >= 4 is 17.9 Å². The Morgan fingerprint density at radius 1 is 0.389 bits per heavy atom. The molecule has 528 valence electrons. The molecule has 1 unspecified atom stereocenters.